The predicted octanol–water partition coefficient (Wildman–Crippen LogP) is 4.03. The van der Waals surface area contributed by atoms with Crippen LogP contribution in [0.3, 0.4) is 0 Å². The molecule has 0 atom stereocenters. The van der Waals surface area contributed by atoms with E-state index in [-0.39, 0.29) is 11.0 Å². The van der Waals surface area contributed by atoms with Gasteiger partial charge in [-0.25, -0.2) is 13.1 Å². The number of hydrogen-bond acceptors (Lipinski definition) is 6. The normalized spacial score (nSPS) is 19.2. The van der Waals surface area contributed by atoms with E-state index in [0.29, 0.717) is 30.9 Å². The van der Waals surface area contributed by atoms with E-state index in [1.54, 1.807) is 18.3 Å². The second-order valence-electron chi connectivity index (χ2n) is 9.73. The van der Waals surface area contributed by atoms with Gasteiger partial charge >= 0.3 is 0 Å². The minimum absolute atomic E-state index is 0.0777. The Bertz CT molecular complexity index is 1180. The third-order valence-corrected chi connectivity index (χ3v) is 8.46. The van der Waals surface area contributed by atoms with Crippen LogP contribution in [0.2, 0.25) is 0 Å². The number of anilines is 1. The first-order valence-electron chi connectivity index (χ1n) is 11.9. The number of hydrogen-bond donors (Lipinski definition) is 2. The molecule has 2 heterocycles. The average molecular weight is 470 g/mol. The Balaban J connectivity index is 1.47. The van der Waals surface area contributed by atoms with Crippen LogP contribution in [0.25, 0.3) is 0 Å². The van der Waals surface area contributed by atoms with Gasteiger partial charge in [0.05, 0.1) is 22.6 Å². The van der Waals surface area contributed by atoms with E-state index < -0.39 is 21.3 Å². The van der Waals surface area contributed by atoms with E-state index in [4.69, 9.17) is 4.74 Å². The minimum atomic E-state index is -4.00. The molecule has 1 aromatic carbocycles. The van der Waals surface area contributed by atoms with Crippen LogP contribution in [-0.2, 0) is 26.7 Å². The number of rotatable bonds is 7. The lowest BCUT2D eigenvalue weighted by Gasteiger charge is -2.27. The Morgan fingerprint density at radius 1 is 1.24 bits per heavy atom. The first kappa shape index (κ1) is 22.2. The van der Waals surface area contributed by atoms with Crippen LogP contribution in [0.4, 0.5) is 5.69 Å². The summed E-state index contributed by atoms with van der Waals surface area (Å²) in [6.07, 6.45) is 7.71. The molecule has 0 unspecified atom stereocenters. The number of nitrogens with one attached hydrogen (secondary N) is 2. The first-order chi connectivity index (χ1) is 15.8. The highest BCUT2D eigenvalue weighted by Crippen LogP contribution is 2.53. The monoisotopic (exact) mass is 469 g/mol. The standard InChI is InChI=1S/C25H31N3O4S/c1-16(2)32-22-15-27-21(17-6-3-7-17)14-19(22)25(11-12-25)24(29)28-33(30,31)23-10-4-9-20-18(23)8-5-13-26-20/h4,9-10,14-17,26H,3,5-8,11-13H2,1-2H3,(H,28,29). The number of carbonyl (C=O) groups excluding carboxylic acids is 1. The van der Waals surface area contributed by atoms with Gasteiger partial charge in [0.25, 0.3) is 10.0 Å². The molecule has 2 aliphatic carbocycles. The van der Waals surface area contributed by atoms with Crippen molar-refractivity contribution >= 4 is 21.6 Å². The summed E-state index contributed by atoms with van der Waals surface area (Å²) in [7, 11) is -4.00. The Morgan fingerprint density at radius 2 is 2.03 bits per heavy atom. The summed E-state index contributed by atoms with van der Waals surface area (Å²) in [5, 5.41) is 3.25. The number of carbonyl (C=O) groups is 1. The van der Waals surface area contributed by atoms with Crippen molar-refractivity contribution in [2.45, 2.75) is 81.1 Å². The van der Waals surface area contributed by atoms with Crippen LogP contribution in [-0.4, -0.2) is 32.0 Å². The minimum Gasteiger partial charge on any atom is -0.489 e. The summed E-state index contributed by atoms with van der Waals surface area (Å²) in [6.45, 7) is 4.68. The van der Waals surface area contributed by atoms with Crippen molar-refractivity contribution in [2.75, 3.05) is 11.9 Å². The van der Waals surface area contributed by atoms with Gasteiger partial charge in [0, 0.05) is 29.4 Å². The van der Waals surface area contributed by atoms with Gasteiger partial charge < -0.3 is 10.1 Å². The van der Waals surface area contributed by atoms with Crippen molar-refractivity contribution in [3.63, 3.8) is 0 Å². The summed E-state index contributed by atoms with van der Waals surface area (Å²) >= 11 is 0. The van der Waals surface area contributed by atoms with Crippen LogP contribution in [0, 0.1) is 0 Å². The average Bonchev–Trinajstić information content (AvgIpc) is 3.54. The van der Waals surface area contributed by atoms with Crippen molar-refractivity contribution in [1.29, 1.82) is 0 Å². The van der Waals surface area contributed by atoms with E-state index in [9.17, 15) is 13.2 Å². The highest BCUT2D eigenvalue weighted by molar-refractivity contribution is 7.90. The SMILES string of the molecule is CC(C)Oc1cnc(C2CCC2)cc1C1(C(=O)NS(=O)(=O)c2cccc3c2CCCN3)CC1. The summed E-state index contributed by atoms with van der Waals surface area (Å²) in [5.74, 6) is 0.491. The Kier molecular flexibility index (Phi) is 5.59. The molecule has 1 amide bonds. The van der Waals surface area contributed by atoms with Crippen LogP contribution >= 0.6 is 0 Å². The lowest BCUT2D eigenvalue weighted by Crippen LogP contribution is -2.39. The van der Waals surface area contributed by atoms with E-state index in [2.05, 4.69) is 15.0 Å². The van der Waals surface area contributed by atoms with Gasteiger partial charge in [0.2, 0.25) is 5.91 Å². The second kappa shape index (κ2) is 8.31. The van der Waals surface area contributed by atoms with Gasteiger partial charge in [-0.3, -0.25) is 9.78 Å². The Morgan fingerprint density at radius 3 is 2.70 bits per heavy atom. The lowest BCUT2D eigenvalue weighted by molar-refractivity contribution is -0.121. The number of amides is 1. The highest BCUT2D eigenvalue weighted by Gasteiger charge is 2.54. The molecule has 8 heteroatoms. The molecule has 2 fully saturated rings. The highest BCUT2D eigenvalue weighted by atomic mass is 32.2. The van der Waals surface area contributed by atoms with Gasteiger partial charge in [-0.15, -0.1) is 0 Å². The summed E-state index contributed by atoms with van der Waals surface area (Å²) in [6, 6.07) is 7.15. The number of sulfonamides is 1. The fraction of sp³-hybridized carbons (Fsp3) is 0.520. The molecule has 7 nitrogen and oxygen atoms in total. The maximum atomic E-state index is 13.5. The summed E-state index contributed by atoms with van der Waals surface area (Å²) < 4.78 is 35.0. The largest absolute Gasteiger partial charge is 0.489 e. The molecular weight excluding hydrogens is 438 g/mol. The lowest BCUT2D eigenvalue weighted by atomic mass is 9.81. The molecule has 33 heavy (non-hydrogen) atoms. The van der Waals surface area contributed by atoms with Crippen LogP contribution in [0.15, 0.2) is 35.4 Å². The number of nitrogens with zero attached hydrogens (tertiary/aromatic N) is 1. The van der Waals surface area contributed by atoms with Crippen molar-refractivity contribution in [3.8, 4) is 5.75 Å². The summed E-state index contributed by atoms with van der Waals surface area (Å²) in [5.41, 5.74) is 2.40. The fourth-order valence-corrected chi connectivity index (χ4v) is 6.20. The topological polar surface area (TPSA) is 97.4 Å². The van der Waals surface area contributed by atoms with E-state index in [1.807, 2.05) is 26.0 Å². The zero-order valence-electron chi connectivity index (χ0n) is 19.2. The molecule has 0 spiro atoms. The number of benzene rings is 1. The molecule has 3 aliphatic rings. The zero-order chi connectivity index (χ0) is 23.2. The van der Waals surface area contributed by atoms with Crippen molar-refractivity contribution in [1.82, 2.24) is 9.71 Å². The molecular formula is C25H31N3O4S. The fourth-order valence-electron chi connectivity index (χ4n) is 4.86. The van der Waals surface area contributed by atoms with Crippen LogP contribution in [0.1, 0.15) is 75.1 Å². The van der Waals surface area contributed by atoms with E-state index >= 15 is 0 Å². The third-order valence-electron chi connectivity index (χ3n) is 7.04. The molecule has 0 bridgehead atoms. The quantitative estimate of drug-likeness (QED) is 0.635. The molecule has 0 saturated heterocycles. The van der Waals surface area contributed by atoms with Gasteiger partial charge in [-0.1, -0.05) is 12.5 Å². The van der Waals surface area contributed by atoms with E-state index in [0.717, 1.165) is 48.3 Å². The maximum absolute atomic E-state index is 13.5. The first-order valence-corrected chi connectivity index (χ1v) is 13.4. The van der Waals surface area contributed by atoms with Gasteiger partial charge in [-0.05, 0) is 76.1 Å². The Hall–Kier alpha value is -2.61. The maximum Gasteiger partial charge on any atom is 0.264 e. The molecule has 2 aromatic rings. The molecule has 2 N–H and O–H groups in total. The number of fused-ring (bicyclic) bond motifs is 1. The van der Waals surface area contributed by atoms with Gasteiger partial charge in [0.15, 0.2) is 0 Å². The number of ether oxygens (including phenoxy) is 1. The smallest absolute Gasteiger partial charge is 0.264 e. The number of pyridine rings is 1. The summed E-state index contributed by atoms with van der Waals surface area (Å²) in [4.78, 5) is 18.3. The van der Waals surface area contributed by atoms with Gasteiger partial charge in [-0.2, -0.15) is 0 Å². The predicted molar refractivity (Wildman–Crippen MR) is 126 cm³/mol. The molecule has 176 valence electrons. The van der Waals surface area contributed by atoms with Gasteiger partial charge in [0.1, 0.15) is 5.75 Å². The molecule has 2 saturated carbocycles. The number of aromatic nitrogens is 1. The van der Waals surface area contributed by atoms with E-state index in [1.165, 1.54) is 6.42 Å². The van der Waals surface area contributed by atoms with Crippen molar-refractivity contribution in [3.05, 3.63) is 47.3 Å². The molecule has 1 aliphatic heterocycles. The van der Waals surface area contributed by atoms with Crippen molar-refractivity contribution < 1.29 is 17.9 Å². The second-order valence-corrected chi connectivity index (χ2v) is 11.4. The zero-order valence-corrected chi connectivity index (χ0v) is 20.0. The molecule has 0 radical (unpaired) electrons. The van der Waals surface area contributed by atoms with Crippen LogP contribution in [0.5, 0.6) is 5.75 Å². The molecule has 1 aromatic heterocycles. The van der Waals surface area contributed by atoms with Crippen LogP contribution < -0.4 is 14.8 Å². The van der Waals surface area contributed by atoms with Crippen molar-refractivity contribution in [2.24, 2.45) is 0 Å². The third kappa shape index (κ3) is 4.09. The molecule has 5 rings (SSSR count). The Labute approximate surface area is 195 Å².